The molecule has 5 aromatic rings. The van der Waals surface area contributed by atoms with Crippen LogP contribution in [0, 0.1) is 13.8 Å². The number of benzene rings is 1. The number of nitrogens with zero attached hydrogens (tertiary/aromatic N) is 6. The minimum atomic E-state index is -0.0901. The van der Waals surface area contributed by atoms with Crippen LogP contribution in [0.15, 0.2) is 45.4 Å². The van der Waals surface area contributed by atoms with Gasteiger partial charge in [0.05, 0.1) is 16.5 Å². The summed E-state index contributed by atoms with van der Waals surface area (Å²) < 4.78 is 3.90. The molecule has 30 heavy (non-hydrogen) atoms. The van der Waals surface area contributed by atoms with E-state index in [4.69, 9.17) is 10.7 Å². The third-order valence-corrected chi connectivity index (χ3v) is 6.57. The van der Waals surface area contributed by atoms with Crippen molar-refractivity contribution in [1.82, 2.24) is 29.3 Å². The van der Waals surface area contributed by atoms with Crippen LogP contribution in [0.4, 0.5) is 5.82 Å². The highest BCUT2D eigenvalue weighted by Crippen LogP contribution is 2.27. The number of thiophene rings is 1. The summed E-state index contributed by atoms with van der Waals surface area (Å²) >= 11 is 4.90. The van der Waals surface area contributed by atoms with Crippen LogP contribution < -0.4 is 11.3 Å². The molecule has 150 valence electrons. The van der Waals surface area contributed by atoms with Crippen molar-refractivity contribution in [3.63, 3.8) is 0 Å². The number of anilines is 1. The number of para-hydroxylation sites is 1. The second-order valence-corrected chi connectivity index (χ2v) is 8.57. The molecule has 0 aliphatic carbocycles. The van der Waals surface area contributed by atoms with Crippen molar-refractivity contribution in [3.05, 3.63) is 67.9 Å². The average Bonchev–Trinajstić information content (AvgIpc) is 3.24. The summed E-state index contributed by atoms with van der Waals surface area (Å²) in [5.74, 6) is 0.907. The van der Waals surface area contributed by atoms with E-state index in [0.717, 1.165) is 16.8 Å². The number of aromatic nitrogens is 6. The maximum atomic E-state index is 13.5. The van der Waals surface area contributed by atoms with E-state index in [-0.39, 0.29) is 12.1 Å². The van der Waals surface area contributed by atoms with Gasteiger partial charge in [0.25, 0.3) is 5.56 Å². The highest BCUT2D eigenvalue weighted by molar-refractivity contribution is 9.10. The number of hydrogen-bond acceptors (Lipinski definition) is 7. The van der Waals surface area contributed by atoms with Crippen LogP contribution in [0.5, 0.6) is 0 Å². The van der Waals surface area contributed by atoms with Gasteiger partial charge in [-0.15, -0.1) is 11.3 Å². The Labute approximate surface area is 183 Å². The smallest absolute Gasteiger partial charge is 0.267 e. The van der Waals surface area contributed by atoms with Crippen molar-refractivity contribution in [3.8, 4) is 5.69 Å². The highest BCUT2D eigenvalue weighted by atomic mass is 79.9. The molecule has 0 atom stereocenters. The first-order chi connectivity index (χ1) is 14.5. The number of halogens is 1. The van der Waals surface area contributed by atoms with Crippen LogP contribution in [0.2, 0.25) is 0 Å². The summed E-state index contributed by atoms with van der Waals surface area (Å²) in [5, 5.41) is 7.75. The topological polar surface area (TPSA) is 105 Å². The number of rotatable bonds is 3. The van der Waals surface area contributed by atoms with E-state index in [1.807, 2.05) is 43.5 Å². The Morgan fingerprint density at radius 1 is 1.13 bits per heavy atom. The van der Waals surface area contributed by atoms with E-state index in [0.29, 0.717) is 37.5 Å². The van der Waals surface area contributed by atoms with E-state index < -0.39 is 0 Å². The predicted octanol–water partition coefficient (Wildman–Crippen LogP) is 3.60. The fourth-order valence-electron chi connectivity index (χ4n) is 3.57. The normalized spacial score (nSPS) is 11.6. The molecule has 0 bridgehead atoms. The Morgan fingerprint density at radius 3 is 2.73 bits per heavy atom. The van der Waals surface area contributed by atoms with Crippen molar-refractivity contribution >= 4 is 54.3 Å². The van der Waals surface area contributed by atoms with Gasteiger partial charge in [0.2, 0.25) is 0 Å². The minimum absolute atomic E-state index is 0.0901. The second-order valence-electron chi connectivity index (χ2n) is 6.96. The summed E-state index contributed by atoms with van der Waals surface area (Å²) in [4.78, 5) is 27.5. The minimum Gasteiger partial charge on any atom is -0.383 e. The lowest BCUT2D eigenvalue weighted by Crippen LogP contribution is -2.26. The summed E-state index contributed by atoms with van der Waals surface area (Å²) in [6, 6.07) is 7.76. The van der Waals surface area contributed by atoms with Crippen LogP contribution >= 0.6 is 27.3 Å². The number of hydrogen-bond donors (Lipinski definition) is 1. The maximum Gasteiger partial charge on any atom is 0.267 e. The van der Waals surface area contributed by atoms with E-state index in [1.54, 1.807) is 9.25 Å². The molecule has 0 unspecified atom stereocenters. The van der Waals surface area contributed by atoms with Gasteiger partial charge in [-0.3, -0.25) is 9.36 Å². The van der Waals surface area contributed by atoms with Gasteiger partial charge in [-0.2, -0.15) is 5.10 Å². The van der Waals surface area contributed by atoms with E-state index in [1.165, 1.54) is 17.7 Å². The molecule has 0 amide bonds. The standard InChI is InChI=1S/C20H16BrN7OS/c1-10-5-3-4-6-12(10)28-13(25-19-14(20(28)29)11(2)8-30-19)7-27-18-15(16(21)26-27)17(22)23-9-24-18/h3-6,8-9H,7H2,1-2H3,(H2,22,23,24). The molecule has 0 saturated heterocycles. The Bertz CT molecular complexity index is 1500. The number of aryl methyl sites for hydroxylation is 2. The van der Waals surface area contributed by atoms with Crippen molar-refractivity contribution in [2.75, 3.05) is 5.73 Å². The summed E-state index contributed by atoms with van der Waals surface area (Å²) in [6.45, 7) is 4.15. The molecule has 0 saturated carbocycles. The Balaban J connectivity index is 1.80. The summed E-state index contributed by atoms with van der Waals surface area (Å²) in [7, 11) is 0. The molecule has 0 aliphatic heterocycles. The van der Waals surface area contributed by atoms with Gasteiger partial charge in [0.1, 0.15) is 33.9 Å². The Kier molecular flexibility index (Phi) is 4.40. The van der Waals surface area contributed by atoms with E-state index in [2.05, 4.69) is 31.0 Å². The van der Waals surface area contributed by atoms with Gasteiger partial charge in [-0.1, -0.05) is 18.2 Å². The second kappa shape index (κ2) is 6.99. The zero-order valence-electron chi connectivity index (χ0n) is 16.1. The van der Waals surface area contributed by atoms with E-state index >= 15 is 0 Å². The van der Waals surface area contributed by atoms with E-state index in [9.17, 15) is 4.79 Å². The SMILES string of the molecule is Cc1ccccc1-n1c(Cn2nc(Br)c3c(N)ncnc32)nc2scc(C)c2c1=O. The third-order valence-electron chi connectivity index (χ3n) is 5.02. The largest absolute Gasteiger partial charge is 0.383 e. The van der Waals surface area contributed by atoms with Crippen LogP contribution in [-0.2, 0) is 6.54 Å². The molecule has 0 fully saturated rings. The molecule has 10 heteroatoms. The van der Waals surface area contributed by atoms with Crippen LogP contribution in [-0.4, -0.2) is 29.3 Å². The monoisotopic (exact) mass is 481 g/mol. The fraction of sp³-hybridized carbons (Fsp3) is 0.150. The molecule has 4 aromatic heterocycles. The van der Waals surface area contributed by atoms with Crippen molar-refractivity contribution < 1.29 is 0 Å². The number of nitrogens with two attached hydrogens (primary N) is 1. The molecule has 0 radical (unpaired) electrons. The van der Waals surface area contributed by atoms with Crippen molar-refractivity contribution in [2.45, 2.75) is 20.4 Å². The van der Waals surface area contributed by atoms with Crippen molar-refractivity contribution in [2.24, 2.45) is 0 Å². The quantitative estimate of drug-likeness (QED) is 0.422. The van der Waals surface area contributed by atoms with Crippen LogP contribution in [0.3, 0.4) is 0 Å². The van der Waals surface area contributed by atoms with Gasteiger partial charge < -0.3 is 5.73 Å². The lowest BCUT2D eigenvalue weighted by atomic mass is 10.2. The Hall–Kier alpha value is -3.11. The number of fused-ring (bicyclic) bond motifs is 2. The summed E-state index contributed by atoms with van der Waals surface area (Å²) in [5.41, 5.74) is 9.18. The van der Waals surface area contributed by atoms with Crippen LogP contribution in [0.1, 0.15) is 17.0 Å². The molecular weight excluding hydrogens is 466 g/mol. The third kappa shape index (κ3) is 2.83. The molecule has 5 rings (SSSR count). The first-order valence-corrected chi connectivity index (χ1v) is 10.8. The molecule has 0 spiro atoms. The zero-order chi connectivity index (χ0) is 21.0. The fourth-order valence-corrected chi connectivity index (χ4v) is 5.07. The molecule has 0 aliphatic rings. The molecule has 4 heterocycles. The van der Waals surface area contributed by atoms with Crippen LogP contribution in [0.25, 0.3) is 26.9 Å². The number of nitrogen functional groups attached to an aromatic ring is 1. The van der Waals surface area contributed by atoms with Gasteiger partial charge in [-0.05, 0) is 52.4 Å². The lowest BCUT2D eigenvalue weighted by molar-refractivity contribution is 0.646. The van der Waals surface area contributed by atoms with Gasteiger partial charge in [-0.25, -0.2) is 19.6 Å². The maximum absolute atomic E-state index is 13.5. The zero-order valence-corrected chi connectivity index (χ0v) is 18.5. The first-order valence-electron chi connectivity index (χ1n) is 9.14. The van der Waals surface area contributed by atoms with Gasteiger partial charge >= 0.3 is 0 Å². The highest BCUT2D eigenvalue weighted by Gasteiger charge is 2.20. The molecule has 8 nitrogen and oxygen atoms in total. The molecular formula is C20H16BrN7OS. The van der Waals surface area contributed by atoms with Gasteiger partial charge in [0.15, 0.2) is 5.65 Å². The molecule has 2 N–H and O–H groups in total. The first kappa shape index (κ1) is 18.9. The Morgan fingerprint density at radius 2 is 1.93 bits per heavy atom. The predicted molar refractivity (Wildman–Crippen MR) is 121 cm³/mol. The van der Waals surface area contributed by atoms with Gasteiger partial charge in [0, 0.05) is 0 Å². The average molecular weight is 482 g/mol. The lowest BCUT2D eigenvalue weighted by Gasteiger charge is -2.15. The molecule has 1 aromatic carbocycles. The van der Waals surface area contributed by atoms with Crippen molar-refractivity contribution in [1.29, 1.82) is 0 Å². The summed E-state index contributed by atoms with van der Waals surface area (Å²) in [6.07, 6.45) is 1.40.